The van der Waals surface area contributed by atoms with Crippen LogP contribution in [0.15, 0.2) is 84.9 Å². The van der Waals surface area contributed by atoms with Crippen LogP contribution in [0.4, 0.5) is 5.69 Å². The molecular weight excluding hydrogens is 428 g/mol. The highest BCUT2D eigenvalue weighted by molar-refractivity contribution is 14.1. The van der Waals surface area contributed by atoms with Gasteiger partial charge < -0.3 is 4.67 Å². The first-order valence-electron chi connectivity index (χ1n) is 7.91. The molecule has 3 aromatic rings. The number of hydrogen-bond acceptors (Lipinski definition) is 1. The van der Waals surface area contributed by atoms with Gasteiger partial charge in [0, 0.05) is 20.7 Å². The maximum absolute atomic E-state index is 14.4. The summed E-state index contributed by atoms with van der Waals surface area (Å²) in [6.07, 6.45) is 0. The molecule has 0 spiro atoms. The second kappa shape index (κ2) is 7.54. The summed E-state index contributed by atoms with van der Waals surface area (Å²) < 4.78 is 17.6. The molecule has 0 heterocycles. The van der Waals surface area contributed by atoms with Gasteiger partial charge in [0.25, 0.3) is 0 Å². The fraction of sp³-hybridized carbons (Fsp3) is 0.100. The van der Waals surface area contributed by atoms with Crippen LogP contribution >= 0.6 is 29.9 Å². The first-order valence-corrected chi connectivity index (χ1v) is 10.7. The van der Waals surface area contributed by atoms with E-state index in [0.29, 0.717) is 6.54 Å². The number of anilines is 1. The lowest BCUT2D eigenvalue weighted by molar-refractivity contribution is 0.584. The first kappa shape index (κ1) is 17.2. The average Bonchev–Trinajstić information content (AvgIpc) is 2.65. The zero-order chi connectivity index (χ0) is 17.0. The van der Waals surface area contributed by atoms with Gasteiger partial charge in [-0.3, -0.25) is 4.57 Å². The van der Waals surface area contributed by atoms with Crippen LogP contribution in [0.25, 0.3) is 0 Å². The summed E-state index contributed by atoms with van der Waals surface area (Å²) >= 11 is 2.31. The molecule has 4 heteroatoms. The highest BCUT2D eigenvalue weighted by Gasteiger charge is 2.34. The SMILES string of the molecule is CCN(c1ccccc1I)P(=O)(c1ccccc1)c1ccccc1. The van der Waals surface area contributed by atoms with Gasteiger partial charge in [0.15, 0.2) is 0 Å². The van der Waals surface area contributed by atoms with Gasteiger partial charge in [-0.1, -0.05) is 48.5 Å². The van der Waals surface area contributed by atoms with E-state index in [9.17, 15) is 4.57 Å². The summed E-state index contributed by atoms with van der Waals surface area (Å²) in [5.41, 5.74) is 1.01. The van der Waals surface area contributed by atoms with Crippen molar-refractivity contribution in [3.63, 3.8) is 0 Å². The molecular formula is C20H19INOP. The Hall–Kier alpha value is -1.58. The smallest absolute Gasteiger partial charge is 0.229 e. The minimum atomic E-state index is -2.95. The Kier molecular flexibility index (Phi) is 5.42. The normalized spacial score (nSPS) is 11.2. The van der Waals surface area contributed by atoms with Crippen molar-refractivity contribution in [1.29, 1.82) is 0 Å². The molecule has 24 heavy (non-hydrogen) atoms. The Morgan fingerprint density at radius 2 is 1.25 bits per heavy atom. The molecule has 0 atom stereocenters. The van der Waals surface area contributed by atoms with Crippen molar-refractivity contribution in [2.75, 3.05) is 11.2 Å². The van der Waals surface area contributed by atoms with E-state index in [0.717, 1.165) is 19.9 Å². The van der Waals surface area contributed by atoms with Crippen LogP contribution in [0.1, 0.15) is 6.92 Å². The first-order chi connectivity index (χ1) is 11.7. The van der Waals surface area contributed by atoms with Gasteiger partial charge in [-0.2, -0.15) is 0 Å². The molecule has 0 radical (unpaired) electrons. The quantitative estimate of drug-likeness (QED) is 0.403. The molecule has 0 N–H and O–H groups in total. The largest absolute Gasteiger partial charge is 0.315 e. The molecule has 2 nitrogen and oxygen atoms in total. The van der Waals surface area contributed by atoms with E-state index in [4.69, 9.17) is 0 Å². The van der Waals surface area contributed by atoms with E-state index in [2.05, 4.69) is 40.3 Å². The van der Waals surface area contributed by atoms with Crippen LogP contribution < -0.4 is 15.3 Å². The molecule has 122 valence electrons. The third kappa shape index (κ3) is 3.15. The molecule has 0 aliphatic carbocycles. The molecule has 0 fully saturated rings. The maximum atomic E-state index is 14.4. The predicted molar refractivity (Wildman–Crippen MR) is 112 cm³/mol. The Morgan fingerprint density at radius 1 is 0.792 bits per heavy atom. The summed E-state index contributed by atoms with van der Waals surface area (Å²) in [5.74, 6) is 0. The number of para-hydroxylation sites is 1. The second-order valence-electron chi connectivity index (χ2n) is 5.41. The standard InChI is InChI=1S/C20H19INOP/c1-2-22(20-16-10-9-15-19(20)21)24(23,17-11-5-3-6-12-17)18-13-7-4-8-14-18/h3-16H,2H2,1H3. The van der Waals surface area contributed by atoms with Gasteiger partial charge in [-0.05, 0) is 65.9 Å². The van der Waals surface area contributed by atoms with E-state index < -0.39 is 7.29 Å². The lowest BCUT2D eigenvalue weighted by Gasteiger charge is -2.34. The van der Waals surface area contributed by atoms with Crippen LogP contribution in [0, 0.1) is 3.57 Å². The number of halogens is 1. The Bertz CT molecular complexity index is 808. The molecule has 0 unspecified atom stereocenters. The lowest BCUT2D eigenvalue weighted by atomic mass is 10.3. The third-order valence-corrected chi connectivity index (χ3v) is 8.07. The summed E-state index contributed by atoms with van der Waals surface area (Å²) in [7, 11) is -2.95. The fourth-order valence-corrected chi connectivity index (χ4v) is 6.62. The van der Waals surface area contributed by atoms with Gasteiger partial charge in [-0.25, -0.2) is 0 Å². The van der Waals surface area contributed by atoms with Crippen molar-refractivity contribution in [2.45, 2.75) is 6.92 Å². The summed E-state index contributed by atoms with van der Waals surface area (Å²) in [6, 6.07) is 27.7. The zero-order valence-electron chi connectivity index (χ0n) is 13.5. The molecule has 0 bridgehead atoms. The van der Waals surface area contributed by atoms with Crippen LogP contribution in [0.2, 0.25) is 0 Å². The highest BCUT2D eigenvalue weighted by atomic mass is 127. The van der Waals surface area contributed by atoms with Crippen molar-refractivity contribution in [3.8, 4) is 0 Å². The van der Waals surface area contributed by atoms with E-state index in [1.165, 1.54) is 0 Å². The molecule has 0 aliphatic heterocycles. The summed E-state index contributed by atoms with van der Waals surface area (Å²) in [5, 5.41) is 1.72. The fourth-order valence-electron chi connectivity index (χ4n) is 2.87. The third-order valence-electron chi connectivity index (χ3n) is 3.98. The van der Waals surface area contributed by atoms with Gasteiger partial charge in [-0.15, -0.1) is 0 Å². The Morgan fingerprint density at radius 3 is 1.71 bits per heavy atom. The molecule has 0 amide bonds. The van der Waals surface area contributed by atoms with Crippen LogP contribution in [0.5, 0.6) is 0 Å². The van der Waals surface area contributed by atoms with Crippen molar-refractivity contribution in [1.82, 2.24) is 0 Å². The molecule has 3 rings (SSSR count). The summed E-state index contributed by atoms with van der Waals surface area (Å²) in [6.45, 7) is 2.72. The van der Waals surface area contributed by atoms with E-state index in [1.54, 1.807) is 0 Å². The highest BCUT2D eigenvalue weighted by Crippen LogP contribution is 2.50. The zero-order valence-corrected chi connectivity index (χ0v) is 16.5. The topological polar surface area (TPSA) is 20.3 Å². The van der Waals surface area contributed by atoms with Crippen LogP contribution in [0.3, 0.4) is 0 Å². The number of rotatable bonds is 5. The predicted octanol–water partition coefficient (Wildman–Crippen LogP) is 5.05. The van der Waals surface area contributed by atoms with Crippen LogP contribution in [-0.2, 0) is 4.57 Å². The second-order valence-corrected chi connectivity index (χ2v) is 9.24. The molecule has 0 saturated heterocycles. The van der Waals surface area contributed by atoms with Crippen molar-refractivity contribution in [2.24, 2.45) is 0 Å². The number of nitrogens with zero attached hydrogens (tertiary/aromatic N) is 1. The summed E-state index contributed by atoms with van der Waals surface area (Å²) in [4.78, 5) is 0. The van der Waals surface area contributed by atoms with Gasteiger partial charge in [0.05, 0.1) is 5.69 Å². The van der Waals surface area contributed by atoms with E-state index >= 15 is 0 Å². The van der Waals surface area contributed by atoms with E-state index in [1.807, 2.05) is 78.9 Å². The molecule has 3 aromatic carbocycles. The van der Waals surface area contributed by atoms with Gasteiger partial charge >= 0.3 is 0 Å². The molecule has 0 aliphatic rings. The van der Waals surface area contributed by atoms with Crippen LogP contribution in [-0.4, -0.2) is 6.54 Å². The number of benzene rings is 3. The lowest BCUT2D eigenvalue weighted by Crippen LogP contribution is -2.32. The van der Waals surface area contributed by atoms with Crippen molar-refractivity contribution in [3.05, 3.63) is 88.5 Å². The number of hydrogen-bond donors (Lipinski definition) is 0. The average molecular weight is 447 g/mol. The van der Waals surface area contributed by atoms with Gasteiger partial charge in [0.2, 0.25) is 7.29 Å². The van der Waals surface area contributed by atoms with Crippen molar-refractivity contribution < 1.29 is 4.57 Å². The Balaban J connectivity index is 2.25. The minimum Gasteiger partial charge on any atom is -0.315 e. The molecule has 0 aromatic heterocycles. The van der Waals surface area contributed by atoms with Crippen molar-refractivity contribution >= 4 is 46.2 Å². The Labute approximate surface area is 157 Å². The minimum absolute atomic E-state index is 0.668. The van der Waals surface area contributed by atoms with Gasteiger partial charge in [0.1, 0.15) is 0 Å². The molecule has 0 saturated carbocycles. The van der Waals surface area contributed by atoms with E-state index in [-0.39, 0.29) is 0 Å². The monoisotopic (exact) mass is 447 g/mol. The maximum Gasteiger partial charge on any atom is 0.229 e.